The number of halogens is 2. The van der Waals surface area contributed by atoms with Crippen LogP contribution in [0.3, 0.4) is 0 Å². The van der Waals surface area contributed by atoms with E-state index in [1.54, 1.807) is 0 Å². The largest absolute Gasteiger partial charge is 0.356 e. The van der Waals surface area contributed by atoms with Crippen molar-refractivity contribution in [3.05, 3.63) is 0 Å². The van der Waals surface area contributed by atoms with Gasteiger partial charge < -0.3 is 11.1 Å². The molecule has 1 heterocycles. The number of rotatable bonds is 0. The molecule has 2 aliphatic rings. The molecule has 0 aromatic heterocycles. The second kappa shape index (κ2) is 2.89. The summed E-state index contributed by atoms with van der Waals surface area (Å²) >= 11 is 0. The fourth-order valence-corrected chi connectivity index (χ4v) is 2.68. The highest BCUT2D eigenvalue weighted by Crippen LogP contribution is 2.47. The summed E-state index contributed by atoms with van der Waals surface area (Å²) < 4.78 is 26.5. The minimum atomic E-state index is -2.78. The van der Waals surface area contributed by atoms with Gasteiger partial charge in [-0.3, -0.25) is 4.79 Å². The van der Waals surface area contributed by atoms with Crippen LogP contribution < -0.4 is 11.1 Å². The second-order valence-corrected chi connectivity index (χ2v) is 4.49. The molecule has 0 aromatic carbocycles. The number of amides is 1. The average Bonchev–Trinajstić information content (AvgIpc) is 2.27. The number of nitrogens with two attached hydrogens (primary N) is 1. The lowest BCUT2D eigenvalue weighted by Gasteiger charge is -2.38. The van der Waals surface area contributed by atoms with Gasteiger partial charge in [0.25, 0.3) is 5.92 Å². The van der Waals surface area contributed by atoms with E-state index in [1.165, 1.54) is 0 Å². The third kappa shape index (κ3) is 1.49. The molecule has 1 spiro atoms. The quantitative estimate of drug-likeness (QED) is 0.608. The molecule has 1 saturated carbocycles. The Balaban J connectivity index is 2.23. The molecule has 14 heavy (non-hydrogen) atoms. The molecule has 2 unspecified atom stereocenters. The standard InChI is InChI=1S/C9H14F2N2O/c10-9(11)4-6(12)3-8(5-9)1-2-13-7(8)14/h6H,1-5,12H2,(H,13,14). The maximum atomic E-state index is 13.3. The van der Waals surface area contributed by atoms with E-state index in [2.05, 4.69) is 5.32 Å². The molecule has 1 amide bonds. The van der Waals surface area contributed by atoms with Crippen LogP contribution in [0.1, 0.15) is 25.7 Å². The summed E-state index contributed by atoms with van der Waals surface area (Å²) in [5, 5.41) is 2.61. The first-order valence-corrected chi connectivity index (χ1v) is 4.85. The molecule has 5 heteroatoms. The first-order chi connectivity index (χ1) is 6.44. The number of nitrogens with one attached hydrogen (secondary N) is 1. The van der Waals surface area contributed by atoms with Gasteiger partial charge in [0.2, 0.25) is 5.91 Å². The van der Waals surface area contributed by atoms with Crippen LogP contribution in [-0.4, -0.2) is 24.4 Å². The van der Waals surface area contributed by atoms with Crippen LogP contribution in [0, 0.1) is 5.41 Å². The minimum absolute atomic E-state index is 0.243. The zero-order chi connectivity index (χ0) is 10.4. The van der Waals surface area contributed by atoms with Gasteiger partial charge in [-0.2, -0.15) is 0 Å². The van der Waals surface area contributed by atoms with Gasteiger partial charge >= 0.3 is 0 Å². The summed E-state index contributed by atoms with van der Waals surface area (Å²) in [7, 11) is 0. The molecule has 1 aliphatic carbocycles. The van der Waals surface area contributed by atoms with Crippen LogP contribution in [-0.2, 0) is 4.79 Å². The molecule has 0 radical (unpaired) electrons. The monoisotopic (exact) mass is 204 g/mol. The fraction of sp³-hybridized carbons (Fsp3) is 0.889. The Labute approximate surface area is 81.0 Å². The Bertz CT molecular complexity index is 270. The van der Waals surface area contributed by atoms with Gasteiger partial charge in [0, 0.05) is 25.4 Å². The van der Waals surface area contributed by atoms with Crippen molar-refractivity contribution in [3.8, 4) is 0 Å². The molecular formula is C9H14F2N2O. The molecule has 1 aliphatic heterocycles. The highest BCUT2D eigenvalue weighted by molar-refractivity contribution is 5.85. The van der Waals surface area contributed by atoms with Crippen molar-refractivity contribution >= 4 is 5.91 Å². The van der Waals surface area contributed by atoms with Crippen LogP contribution in [0.2, 0.25) is 0 Å². The molecule has 2 fully saturated rings. The second-order valence-electron chi connectivity index (χ2n) is 4.49. The van der Waals surface area contributed by atoms with E-state index in [0.29, 0.717) is 19.4 Å². The third-order valence-corrected chi connectivity index (χ3v) is 3.18. The van der Waals surface area contributed by atoms with Crippen molar-refractivity contribution in [1.29, 1.82) is 0 Å². The molecule has 2 rings (SSSR count). The maximum absolute atomic E-state index is 13.3. The number of carbonyl (C=O) groups is 1. The summed E-state index contributed by atoms with van der Waals surface area (Å²) in [5.41, 5.74) is 4.68. The van der Waals surface area contributed by atoms with Gasteiger partial charge in [-0.05, 0) is 12.8 Å². The van der Waals surface area contributed by atoms with Crippen molar-refractivity contribution in [2.75, 3.05) is 6.54 Å². The topological polar surface area (TPSA) is 55.1 Å². The minimum Gasteiger partial charge on any atom is -0.356 e. The molecule has 80 valence electrons. The normalized spacial score (nSPS) is 41.4. The van der Waals surface area contributed by atoms with Gasteiger partial charge in [-0.1, -0.05) is 0 Å². The van der Waals surface area contributed by atoms with E-state index in [4.69, 9.17) is 5.73 Å². The SMILES string of the molecule is NC1CC(F)(F)CC2(CCNC2=O)C1. The van der Waals surface area contributed by atoms with E-state index >= 15 is 0 Å². The fourth-order valence-electron chi connectivity index (χ4n) is 2.68. The van der Waals surface area contributed by atoms with E-state index < -0.39 is 17.4 Å². The van der Waals surface area contributed by atoms with Gasteiger partial charge in [-0.25, -0.2) is 8.78 Å². The van der Waals surface area contributed by atoms with E-state index in [-0.39, 0.29) is 18.7 Å². The summed E-state index contributed by atoms with van der Waals surface area (Å²) in [6.07, 6.45) is 0.269. The van der Waals surface area contributed by atoms with Crippen LogP contribution in [0.25, 0.3) is 0 Å². The molecular weight excluding hydrogens is 190 g/mol. The Hall–Kier alpha value is -0.710. The molecule has 1 saturated heterocycles. The number of hydrogen-bond donors (Lipinski definition) is 2. The van der Waals surface area contributed by atoms with Crippen LogP contribution in [0.5, 0.6) is 0 Å². The first kappa shape index (κ1) is 9.83. The van der Waals surface area contributed by atoms with Crippen LogP contribution in [0.15, 0.2) is 0 Å². The van der Waals surface area contributed by atoms with Crippen molar-refractivity contribution in [2.45, 2.75) is 37.6 Å². The average molecular weight is 204 g/mol. The lowest BCUT2D eigenvalue weighted by atomic mass is 9.69. The third-order valence-electron chi connectivity index (χ3n) is 3.18. The Morgan fingerprint density at radius 2 is 2.14 bits per heavy atom. The predicted octanol–water partition coefficient (Wildman–Crippen LogP) is 0.639. The predicted molar refractivity (Wildman–Crippen MR) is 46.8 cm³/mol. The van der Waals surface area contributed by atoms with Crippen LogP contribution >= 0.6 is 0 Å². The number of carbonyl (C=O) groups excluding carboxylic acids is 1. The van der Waals surface area contributed by atoms with Gasteiger partial charge in [-0.15, -0.1) is 0 Å². The summed E-state index contributed by atoms with van der Waals surface area (Å²) in [6, 6.07) is -0.553. The Kier molecular flexibility index (Phi) is 2.03. The maximum Gasteiger partial charge on any atom is 0.250 e. The number of alkyl halides is 2. The molecule has 0 aromatic rings. The molecule has 0 bridgehead atoms. The van der Waals surface area contributed by atoms with Crippen molar-refractivity contribution in [1.82, 2.24) is 5.32 Å². The summed E-state index contributed by atoms with van der Waals surface area (Å²) in [5.74, 6) is -3.02. The molecule has 3 nitrogen and oxygen atoms in total. The zero-order valence-corrected chi connectivity index (χ0v) is 7.85. The van der Waals surface area contributed by atoms with Gasteiger partial charge in [0.05, 0.1) is 5.41 Å². The van der Waals surface area contributed by atoms with Gasteiger partial charge in [0.15, 0.2) is 0 Å². The Morgan fingerprint density at radius 3 is 2.64 bits per heavy atom. The van der Waals surface area contributed by atoms with Crippen LogP contribution in [0.4, 0.5) is 8.78 Å². The lowest BCUT2D eigenvalue weighted by molar-refractivity contribution is -0.141. The number of hydrogen-bond acceptors (Lipinski definition) is 2. The molecule has 2 atom stereocenters. The Morgan fingerprint density at radius 1 is 1.43 bits per heavy atom. The van der Waals surface area contributed by atoms with Crippen molar-refractivity contribution in [3.63, 3.8) is 0 Å². The van der Waals surface area contributed by atoms with E-state index in [1.807, 2.05) is 0 Å². The highest BCUT2D eigenvalue weighted by Gasteiger charge is 2.54. The van der Waals surface area contributed by atoms with E-state index in [0.717, 1.165) is 0 Å². The molecule has 3 N–H and O–H groups in total. The lowest BCUT2D eigenvalue weighted by Crippen LogP contribution is -2.48. The highest BCUT2D eigenvalue weighted by atomic mass is 19.3. The van der Waals surface area contributed by atoms with Crippen molar-refractivity contribution < 1.29 is 13.6 Å². The van der Waals surface area contributed by atoms with Crippen molar-refractivity contribution in [2.24, 2.45) is 11.1 Å². The summed E-state index contributed by atoms with van der Waals surface area (Å²) in [4.78, 5) is 11.5. The first-order valence-electron chi connectivity index (χ1n) is 4.85. The summed E-state index contributed by atoms with van der Waals surface area (Å²) in [6.45, 7) is 0.502. The van der Waals surface area contributed by atoms with Gasteiger partial charge in [0.1, 0.15) is 0 Å². The smallest absolute Gasteiger partial charge is 0.250 e. The zero-order valence-electron chi connectivity index (χ0n) is 7.85. The van der Waals surface area contributed by atoms with E-state index in [9.17, 15) is 13.6 Å².